The molecular formula is C23H22N2O2S2. The summed E-state index contributed by atoms with van der Waals surface area (Å²) in [4.78, 5) is 24.6. The van der Waals surface area contributed by atoms with Gasteiger partial charge in [0.2, 0.25) is 5.91 Å². The first kappa shape index (κ1) is 19.9. The predicted molar refractivity (Wildman–Crippen MR) is 119 cm³/mol. The van der Waals surface area contributed by atoms with Crippen molar-refractivity contribution in [3.63, 3.8) is 0 Å². The lowest BCUT2D eigenvalue weighted by atomic mass is 9.98. The molecule has 1 aliphatic rings. The summed E-state index contributed by atoms with van der Waals surface area (Å²) in [5.74, 6) is -0.198. The van der Waals surface area contributed by atoms with Crippen molar-refractivity contribution in [3.05, 3.63) is 93.7 Å². The van der Waals surface area contributed by atoms with Crippen molar-refractivity contribution in [3.8, 4) is 0 Å². The minimum atomic E-state index is -0.353. The predicted octanol–water partition coefficient (Wildman–Crippen LogP) is 5.08. The van der Waals surface area contributed by atoms with Crippen LogP contribution in [0.5, 0.6) is 0 Å². The Morgan fingerprint density at radius 3 is 2.48 bits per heavy atom. The molecule has 6 heteroatoms. The van der Waals surface area contributed by atoms with E-state index in [0.29, 0.717) is 6.42 Å². The maximum Gasteiger partial charge on any atom is 0.286 e. The molecule has 1 aromatic heterocycles. The molecule has 1 saturated heterocycles. The lowest BCUT2D eigenvalue weighted by Gasteiger charge is -2.24. The Balaban J connectivity index is 1.58. The van der Waals surface area contributed by atoms with Gasteiger partial charge in [0.15, 0.2) is 0 Å². The van der Waals surface area contributed by atoms with E-state index in [-0.39, 0.29) is 28.5 Å². The highest BCUT2D eigenvalue weighted by molar-refractivity contribution is 8.15. The summed E-state index contributed by atoms with van der Waals surface area (Å²) in [6.45, 7) is 2.17. The molecule has 0 saturated carbocycles. The van der Waals surface area contributed by atoms with E-state index < -0.39 is 0 Å². The minimum Gasteiger partial charge on any atom is -0.299 e. The Hall–Kier alpha value is -2.41. The van der Waals surface area contributed by atoms with E-state index in [1.807, 2.05) is 18.2 Å². The van der Waals surface area contributed by atoms with Gasteiger partial charge >= 0.3 is 0 Å². The maximum absolute atomic E-state index is 11.9. The van der Waals surface area contributed by atoms with Crippen molar-refractivity contribution in [2.24, 2.45) is 0 Å². The van der Waals surface area contributed by atoms with Gasteiger partial charge in [-0.2, -0.15) is 0 Å². The molecule has 0 aliphatic carbocycles. The van der Waals surface area contributed by atoms with Crippen molar-refractivity contribution < 1.29 is 9.59 Å². The summed E-state index contributed by atoms with van der Waals surface area (Å²) in [7, 11) is 0. The van der Waals surface area contributed by atoms with Crippen molar-refractivity contribution in [1.82, 2.24) is 10.6 Å². The van der Waals surface area contributed by atoms with Gasteiger partial charge in [-0.1, -0.05) is 72.4 Å². The van der Waals surface area contributed by atoms with E-state index >= 15 is 0 Å². The first-order chi connectivity index (χ1) is 14.1. The van der Waals surface area contributed by atoms with Gasteiger partial charge in [-0.05, 0) is 41.5 Å². The first-order valence-electron chi connectivity index (χ1n) is 9.55. The Labute approximate surface area is 178 Å². The second-order valence-electron chi connectivity index (χ2n) is 7.08. The molecule has 3 atom stereocenters. The third-order valence-electron chi connectivity index (χ3n) is 5.02. The Morgan fingerprint density at radius 1 is 1.00 bits per heavy atom. The van der Waals surface area contributed by atoms with Gasteiger partial charge in [-0.3, -0.25) is 20.2 Å². The zero-order chi connectivity index (χ0) is 20.2. The molecule has 3 aromatic rings. The quantitative estimate of drug-likeness (QED) is 0.557. The molecule has 2 heterocycles. The molecule has 4 rings (SSSR count). The number of carbonyl (C=O) groups is 2. The SMILES string of the molecule is C[C@@H](NC(c1cccc(CC2SC(=O)NC2=O)c1)c1cccs1)c1ccccc1. The fourth-order valence-electron chi connectivity index (χ4n) is 3.53. The van der Waals surface area contributed by atoms with E-state index in [1.54, 1.807) is 11.3 Å². The van der Waals surface area contributed by atoms with Gasteiger partial charge < -0.3 is 0 Å². The van der Waals surface area contributed by atoms with E-state index in [2.05, 4.69) is 71.5 Å². The van der Waals surface area contributed by atoms with E-state index in [0.717, 1.165) is 22.9 Å². The number of carbonyl (C=O) groups excluding carboxylic acids is 2. The molecule has 148 valence electrons. The normalized spacial score (nSPS) is 18.4. The van der Waals surface area contributed by atoms with Crippen LogP contribution in [0.15, 0.2) is 72.1 Å². The number of imide groups is 1. The zero-order valence-electron chi connectivity index (χ0n) is 16.0. The number of benzene rings is 2. The fourth-order valence-corrected chi connectivity index (χ4v) is 5.20. The summed E-state index contributed by atoms with van der Waals surface area (Å²) in [6.07, 6.45) is 0.543. The Morgan fingerprint density at radius 2 is 1.79 bits per heavy atom. The molecule has 1 aliphatic heterocycles. The van der Waals surface area contributed by atoms with Crippen LogP contribution < -0.4 is 10.6 Å². The van der Waals surface area contributed by atoms with Crippen molar-refractivity contribution in [2.75, 3.05) is 0 Å². The topological polar surface area (TPSA) is 58.2 Å². The van der Waals surface area contributed by atoms with Crippen molar-refractivity contribution in [1.29, 1.82) is 0 Å². The van der Waals surface area contributed by atoms with Gasteiger partial charge in [-0.25, -0.2) is 0 Å². The van der Waals surface area contributed by atoms with Crippen molar-refractivity contribution >= 4 is 34.2 Å². The van der Waals surface area contributed by atoms with Gasteiger partial charge in [0.05, 0.1) is 11.3 Å². The molecule has 2 aromatic carbocycles. The van der Waals surface area contributed by atoms with Crippen molar-refractivity contribution in [2.45, 2.75) is 30.7 Å². The summed E-state index contributed by atoms with van der Waals surface area (Å²) >= 11 is 2.80. The molecule has 4 nitrogen and oxygen atoms in total. The molecule has 0 bridgehead atoms. The van der Waals surface area contributed by atoms with Crippen LogP contribution in [-0.2, 0) is 11.2 Å². The molecular weight excluding hydrogens is 400 g/mol. The summed E-state index contributed by atoms with van der Waals surface area (Å²) in [5.41, 5.74) is 3.45. The van der Waals surface area contributed by atoms with Crippen LogP contribution in [0.2, 0.25) is 0 Å². The molecule has 1 fully saturated rings. The van der Waals surface area contributed by atoms with Crippen LogP contribution in [0.4, 0.5) is 4.79 Å². The number of hydrogen-bond acceptors (Lipinski definition) is 5. The average molecular weight is 423 g/mol. The lowest BCUT2D eigenvalue weighted by Crippen LogP contribution is -2.26. The molecule has 0 spiro atoms. The largest absolute Gasteiger partial charge is 0.299 e. The van der Waals surface area contributed by atoms with Crippen LogP contribution in [-0.4, -0.2) is 16.4 Å². The number of rotatable bonds is 7. The summed E-state index contributed by atoms with van der Waals surface area (Å²) < 4.78 is 0. The number of amides is 2. The van der Waals surface area contributed by atoms with Gasteiger partial charge in [0.25, 0.3) is 5.24 Å². The van der Waals surface area contributed by atoms with E-state index in [9.17, 15) is 9.59 Å². The van der Waals surface area contributed by atoms with Crippen LogP contribution in [0.1, 0.15) is 40.6 Å². The second-order valence-corrected chi connectivity index (χ2v) is 9.23. The highest BCUT2D eigenvalue weighted by atomic mass is 32.2. The average Bonchev–Trinajstić information content (AvgIpc) is 3.36. The third-order valence-corrected chi connectivity index (χ3v) is 6.93. The van der Waals surface area contributed by atoms with Crippen LogP contribution >= 0.6 is 23.1 Å². The molecule has 2 amide bonds. The summed E-state index contributed by atoms with van der Waals surface area (Å²) in [6, 6.07) is 23.2. The first-order valence-corrected chi connectivity index (χ1v) is 11.3. The van der Waals surface area contributed by atoms with Gasteiger partial charge in [-0.15, -0.1) is 11.3 Å². The smallest absolute Gasteiger partial charge is 0.286 e. The molecule has 0 radical (unpaired) electrons. The molecule has 2 N–H and O–H groups in total. The standard InChI is InChI=1S/C23H22N2O2S2/c1-15(17-8-3-2-4-9-17)24-21(19-11-6-12-28-19)18-10-5-7-16(13-18)14-20-22(26)25-23(27)29-20/h2-13,15,20-21,24H,14H2,1H3,(H,25,26,27)/t15-,20?,21?/m1/s1. The minimum absolute atomic E-state index is 0.0526. The number of hydrogen-bond donors (Lipinski definition) is 2. The van der Waals surface area contributed by atoms with Crippen LogP contribution in [0, 0.1) is 0 Å². The molecule has 2 unspecified atom stereocenters. The van der Waals surface area contributed by atoms with Crippen LogP contribution in [0.3, 0.4) is 0 Å². The number of thioether (sulfide) groups is 1. The van der Waals surface area contributed by atoms with Gasteiger partial charge in [0, 0.05) is 10.9 Å². The summed E-state index contributed by atoms with van der Waals surface area (Å²) in [5, 5.41) is 7.60. The van der Waals surface area contributed by atoms with Crippen LogP contribution in [0.25, 0.3) is 0 Å². The van der Waals surface area contributed by atoms with E-state index in [1.165, 1.54) is 10.4 Å². The number of thiophene rings is 1. The monoisotopic (exact) mass is 422 g/mol. The zero-order valence-corrected chi connectivity index (χ0v) is 17.6. The second kappa shape index (κ2) is 8.95. The van der Waals surface area contributed by atoms with Gasteiger partial charge in [0.1, 0.15) is 0 Å². The molecule has 29 heavy (non-hydrogen) atoms. The van der Waals surface area contributed by atoms with E-state index in [4.69, 9.17) is 0 Å². The Kier molecular flexibility index (Phi) is 6.13. The highest BCUT2D eigenvalue weighted by Gasteiger charge is 2.31. The number of nitrogens with one attached hydrogen (secondary N) is 2. The maximum atomic E-state index is 11.9. The fraction of sp³-hybridized carbons (Fsp3) is 0.217. The third kappa shape index (κ3) is 4.78. The highest BCUT2D eigenvalue weighted by Crippen LogP contribution is 2.31. The lowest BCUT2D eigenvalue weighted by molar-refractivity contribution is -0.118. The Bertz CT molecular complexity index is 989.